The zero-order chi connectivity index (χ0) is 39.8. The number of ether oxygens (including phenoxy) is 2. The number of aliphatic hydroxyl groups is 1. The number of likely N-dealkylation sites (tertiary alicyclic amines) is 1. The van der Waals surface area contributed by atoms with Gasteiger partial charge in [0.25, 0.3) is 0 Å². The van der Waals surface area contributed by atoms with E-state index >= 15 is 0 Å². The third-order valence-corrected chi connectivity index (χ3v) is 10.6. The second-order valence-corrected chi connectivity index (χ2v) is 14.6. The summed E-state index contributed by atoms with van der Waals surface area (Å²) in [7, 11) is 0. The molecule has 0 saturated carbocycles. The number of carbonyl (C=O) groups excluding carboxylic acids is 2. The number of hydrogen-bond acceptors (Lipinski definition) is 6. The molecule has 2 heterocycles. The molecule has 7 rings (SSSR count). The molecule has 2 aliphatic heterocycles. The van der Waals surface area contributed by atoms with Crippen LogP contribution in [0.4, 0.5) is 13.2 Å². The molecule has 2 amide bonds. The minimum atomic E-state index is -5.03. The zero-order valence-electron chi connectivity index (χ0n) is 31.5. The van der Waals surface area contributed by atoms with Crippen LogP contribution in [0.5, 0.6) is 0 Å². The van der Waals surface area contributed by atoms with E-state index in [1.807, 2.05) is 84.9 Å². The van der Waals surface area contributed by atoms with Crippen molar-refractivity contribution in [3.8, 4) is 11.1 Å². The van der Waals surface area contributed by atoms with Gasteiger partial charge in [0.2, 0.25) is 5.91 Å². The molecule has 57 heavy (non-hydrogen) atoms. The lowest BCUT2D eigenvalue weighted by atomic mass is 9.97. The number of benzene rings is 5. The Hall–Kier alpha value is -5.33. The van der Waals surface area contributed by atoms with Crippen molar-refractivity contribution in [2.75, 3.05) is 13.1 Å². The fourth-order valence-electron chi connectivity index (χ4n) is 7.71. The van der Waals surface area contributed by atoms with Crippen LogP contribution in [0.25, 0.3) is 11.1 Å². The van der Waals surface area contributed by atoms with Gasteiger partial charge < -0.3 is 24.8 Å². The van der Waals surface area contributed by atoms with Gasteiger partial charge in [-0.05, 0) is 51.8 Å². The summed E-state index contributed by atoms with van der Waals surface area (Å²) < 4.78 is 52.9. The first-order valence-electron chi connectivity index (χ1n) is 19.3. The van der Waals surface area contributed by atoms with E-state index in [1.54, 1.807) is 0 Å². The average molecular weight is 778 g/mol. The third kappa shape index (κ3) is 10.2. The number of nitrogens with one attached hydrogen (secondary N) is 1. The van der Waals surface area contributed by atoms with Gasteiger partial charge >= 0.3 is 12.1 Å². The van der Waals surface area contributed by atoms with Crippen LogP contribution < -0.4 is 5.32 Å². The van der Waals surface area contributed by atoms with Crippen molar-refractivity contribution in [3.05, 3.63) is 167 Å². The van der Waals surface area contributed by atoms with Crippen molar-refractivity contribution < 1.29 is 37.3 Å². The number of hydrogen-bond donors (Lipinski definition) is 2. The monoisotopic (exact) mass is 777 g/mol. The van der Waals surface area contributed by atoms with E-state index in [-0.39, 0.29) is 38.3 Å². The second kappa shape index (κ2) is 18.3. The Morgan fingerprint density at radius 2 is 1.37 bits per heavy atom. The highest BCUT2D eigenvalue weighted by atomic mass is 19.4. The first kappa shape index (κ1) is 39.9. The lowest BCUT2D eigenvalue weighted by Crippen LogP contribution is -2.50. The van der Waals surface area contributed by atoms with Crippen molar-refractivity contribution in [3.63, 3.8) is 0 Å². The highest BCUT2D eigenvalue weighted by Gasteiger charge is 2.47. The summed E-state index contributed by atoms with van der Waals surface area (Å²) in [5.74, 6) is -2.59. The Kier molecular flexibility index (Phi) is 12.8. The number of carbonyl (C=O) groups is 2. The van der Waals surface area contributed by atoms with E-state index in [4.69, 9.17) is 9.47 Å². The van der Waals surface area contributed by atoms with Gasteiger partial charge in [-0.1, -0.05) is 133 Å². The number of halogens is 3. The maximum atomic E-state index is 13.2. The largest absolute Gasteiger partial charge is 0.471 e. The first-order valence-corrected chi connectivity index (χ1v) is 19.3. The molecular formula is C46H46F3N3O5. The van der Waals surface area contributed by atoms with Crippen molar-refractivity contribution in [1.82, 2.24) is 15.1 Å². The first-order chi connectivity index (χ1) is 27.6. The van der Waals surface area contributed by atoms with E-state index in [1.165, 1.54) is 11.1 Å². The van der Waals surface area contributed by atoms with E-state index in [2.05, 4.69) is 58.7 Å². The third-order valence-electron chi connectivity index (χ3n) is 10.6. The van der Waals surface area contributed by atoms with Crippen LogP contribution in [0, 0.1) is 0 Å². The molecule has 4 unspecified atom stereocenters. The topological polar surface area (TPSA) is 91.3 Å². The van der Waals surface area contributed by atoms with Gasteiger partial charge in [0.15, 0.2) is 6.29 Å². The van der Waals surface area contributed by atoms with Gasteiger partial charge in [0.05, 0.1) is 18.8 Å². The Labute approximate surface area is 330 Å². The molecule has 5 aromatic carbocycles. The smallest absolute Gasteiger partial charge is 0.392 e. The van der Waals surface area contributed by atoms with Gasteiger partial charge in [0, 0.05) is 44.7 Å². The molecule has 2 aliphatic rings. The molecule has 0 radical (unpaired) electrons. The van der Waals surface area contributed by atoms with Crippen molar-refractivity contribution in [2.45, 2.75) is 76.2 Å². The second-order valence-electron chi connectivity index (χ2n) is 14.6. The molecule has 2 N–H and O–H groups in total. The Balaban J connectivity index is 1.09. The summed E-state index contributed by atoms with van der Waals surface area (Å²) in [5.41, 5.74) is 7.57. The van der Waals surface area contributed by atoms with Crippen molar-refractivity contribution >= 4 is 11.8 Å². The fraction of sp³-hybridized carbons (Fsp3) is 0.304. The van der Waals surface area contributed by atoms with Gasteiger partial charge in [0.1, 0.15) is 6.04 Å². The highest BCUT2D eigenvalue weighted by molar-refractivity contribution is 5.90. The molecule has 0 bridgehead atoms. The molecule has 11 heteroatoms. The van der Waals surface area contributed by atoms with Gasteiger partial charge in [-0.25, -0.2) is 0 Å². The van der Waals surface area contributed by atoms with Crippen LogP contribution in [0.1, 0.15) is 65.0 Å². The van der Waals surface area contributed by atoms with Crippen LogP contribution in [0.15, 0.2) is 133 Å². The number of aliphatic hydroxyl groups excluding tert-OH is 1. The maximum absolute atomic E-state index is 13.2. The molecule has 4 atom stereocenters. The molecule has 296 valence electrons. The number of amides is 2. The Bertz CT molecular complexity index is 2040. The summed E-state index contributed by atoms with van der Waals surface area (Å²) in [5, 5.41) is 12.4. The summed E-state index contributed by atoms with van der Waals surface area (Å²) in [6, 6.07) is 42.8. The van der Waals surface area contributed by atoms with E-state index in [0.29, 0.717) is 24.3 Å². The molecule has 8 nitrogen and oxygen atoms in total. The number of alkyl halides is 3. The van der Waals surface area contributed by atoms with Crippen LogP contribution in [0.2, 0.25) is 0 Å². The quantitative estimate of drug-likeness (QED) is 0.125. The summed E-state index contributed by atoms with van der Waals surface area (Å²) >= 11 is 0. The number of rotatable bonds is 13. The van der Waals surface area contributed by atoms with Crippen LogP contribution in [-0.4, -0.2) is 58.1 Å². The molecule has 5 aromatic rings. The van der Waals surface area contributed by atoms with E-state index in [9.17, 15) is 27.9 Å². The van der Waals surface area contributed by atoms with Crippen molar-refractivity contribution in [1.29, 1.82) is 0 Å². The Morgan fingerprint density at radius 1 is 0.754 bits per heavy atom. The highest BCUT2D eigenvalue weighted by Crippen LogP contribution is 2.39. The van der Waals surface area contributed by atoms with Gasteiger partial charge in [-0.2, -0.15) is 13.2 Å². The zero-order valence-corrected chi connectivity index (χ0v) is 31.5. The molecule has 2 saturated heterocycles. The molecule has 2 fully saturated rings. The molecular weight excluding hydrogens is 732 g/mol. The van der Waals surface area contributed by atoms with Gasteiger partial charge in [-0.3, -0.25) is 14.5 Å². The molecule has 0 aliphatic carbocycles. The molecule has 0 aromatic heterocycles. The lowest BCUT2D eigenvalue weighted by Gasteiger charge is -2.38. The SMILES string of the molecule is O=C(NCc1ccccc1-c1ccc(C2OC(CN(Cc3ccccc3)Cc3ccccc3)CC(c3ccc(CO)cc3)O2)cc1)C1CCCN1C(=O)C(F)(F)F. The minimum Gasteiger partial charge on any atom is -0.392 e. The maximum Gasteiger partial charge on any atom is 0.471 e. The minimum absolute atomic E-state index is 0.0436. The normalized spacial score (nSPS) is 19.8. The predicted octanol–water partition coefficient (Wildman–Crippen LogP) is 8.26. The summed E-state index contributed by atoms with van der Waals surface area (Å²) in [4.78, 5) is 28.0. The number of nitrogens with zero attached hydrogens (tertiary/aromatic N) is 2. The summed E-state index contributed by atoms with van der Waals surface area (Å²) in [6.07, 6.45) is -5.00. The fourth-order valence-corrected chi connectivity index (χ4v) is 7.71. The van der Waals surface area contributed by atoms with Crippen LogP contribution in [-0.2, 0) is 45.3 Å². The van der Waals surface area contributed by atoms with Crippen LogP contribution in [0.3, 0.4) is 0 Å². The van der Waals surface area contributed by atoms with Crippen LogP contribution >= 0.6 is 0 Å². The molecule has 0 spiro atoms. The lowest BCUT2D eigenvalue weighted by molar-refractivity contribution is -0.253. The van der Waals surface area contributed by atoms with E-state index < -0.39 is 30.3 Å². The average Bonchev–Trinajstić information content (AvgIpc) is 3.73. The van der Waals surface area contributed by atoms with Gasteiger partial charge in [-0.15, -0.1) is 0 Å². The predicted molar refractivity (Wildman–Crippen MR) is 210 cm³/mol. The summed E-state index contributed by atoms with van der Waals surface area (Å²) in [6.45, 7) is 2.08. The standard InChI is InChI=1S/C46H46F3N3O5/c47-46(48,49)45(55)52-25-9-16-41(52)43(54)50-27-38-14-7-8-15-40(38)35-21-23-37(24-22-35)44-56-39(26-42(57-44)36-19-17-34(31-53)18-20-36)30-51(28-32-10-3-1-4-11-32)29-33-12-5-2-6-13-33/h1-8,10-15,17-24,39,41-42,44,53H,9,16,25-31H2,(H,50,54). The van der Waals surface area contributed by atoms with E-state index in [0.717, 1.165) is 46.5 Å². The Morgan fingerprint density at radius 3 is 2.00 bits per heavy atom. The van der Waals surface area contributed by atoms with Crippen molar-refractivity contribution in [2.24, 2.45) is 0 Å².